The highest BCUT2D eigenvalue weighted by Gasteiger charge is 2.11. The lowest BCUT2D eigenvalue weighted by Gasteiger charge is -2.25. The van der Waals surface area contributed by atoms with E-state index in [1.165, 1.54) is 5.56 Å². The molecule has 0 aliphatic rings. The average molecular weight is 294 g/mol. The Morgan fingerprint density at radius 3 is 2.10 bits per heavy atom. The summed E-state index contributed by atoms with van der Waals surface area (Å²) in [5.74, 6) is 0. The maximum absolute atomic E-state index is 6.29. The molecular formula is C17H30N2O2. The van der Waals surface area contributed by atoms with E-state index < -0.39 is 0 Å². The maximum atomic E-state index is 6.29. The fourth-order valence-electron chi connectivity index (χ4n) is 2.28. The van der Waals surface area contributed by atoms with E-state index in [9.17, 15) is 0 Å². The van der Waals surface area contributed by atoms with Crippen LogP contribution in [0.3, 0.4) is 0 Å². The van der Waals surface area contributed by atoms with Gasteiger partial charge in [-0.1, -0.05) is 30.3 Å². The van der Waals surface area contributed by atoms with Crippen molar-refractivity contribution in [2.75, 3.05) is 46.1 Å². The predicted molar refractivity (Wildman–Crippen MR) is 87.5 cm³/mol. The van der Waals surface area contributed by atoms with Gasteiger partial charge in [0.25, 0.3) is 0 Å². The highest BCUT2D eigenvalue weighted by molar-refractivity contribution is 5.15. The third kappa shape index (κ3) is 8.83. The van der Waals surface area contributed by atoms with E-state index in [1.54, 1.807) is 0 Å². The van der Waals surface area contributed by atoms with Gasteiger partial charge in [-0.3, -0.25) is 4.90 Å². The molecule has 0 aliphatic heterocycles. The minimum absolute atomic E-state index is 0.135. The van der Waals surface area contributed by atoms with E-state index in [0.717, 1.165) is 52.5 Å². The third-order valence-electron chi connectivity index (χ3n) is 3.35. The van der Waals surface area contributed by atoms with Crippen molar-refractivity contribution in [1.29, 1.82) is 0 Å². The van der Waals surface area contributed by atoms with Gasteiger partial charge >= 0.3 is 0 Å². The van der Waals surface area contributed by atoms with Gasteiger partial charge in [0, 0.05) is 38.9 Å². The molecule has 0 amide bonds. The van der Waals surface area contributed by atoms with Crippen LogP contribution in [0.15, 0.2) is 30.3 Å². The number of nitrogens with zero attached hydrogens (tertiary/aromatic N) is 1. The summed E-state index contributed by atoms with van der Waals surface area (Å²) < 4.78 is 10.9. The van der Waals surface area contributed by atoms with Gasteiger partial charge in [0.1, 0.15) is 0 Å². The monoisotopic (exact) mass is 294 g/mol. The Bertz CT molecular complexity index is 336. The standard InChI is InChI=1S/C17H30N2O2/c1-3-20-12-10-19(11-13-21-4-2)15-17(18)14-16-8-6-5-7-9-16/h5-9,17H,3-4,10-15,18H2,1-2H3. The number of nitrogens with two attached hydrogens (primary N) is 1. The second-order valence-corrected chi connectivity index (χ2v) is 5.14. The molecule has 0 bridgehead atoms. The minimum Gasteiger partial charge on any atom is -0.380 e. The zero-order chi connectivity index (χ0) is 15.3. The smallest absolute Gasteiger partial charge is 0.0593 e. The summed E-state index contributed by atoms with van der Waals surface area (Å²) in [6.07, 6.45) is 0.903. The second-order valence-electron chi connectivity index (χ2n) is 5.14. The zero-order valence-corrected chi connectivity index (χ0v) is 13.5. The topological polar surface area (TPSA) is 47.7 Å². The van der Waals surface area contributed by atoms with Crippen LogP contribution in [0.4, 0.5) is 0 Å². The molecule has 1 rings (SSSR count). The minimum atomic E-state index is 0.135. The van der Waals surface area contributed by atoms with Gasteiger partial charge in [0.05, 0.1) is 13.2 Å². The van der Waals surface area contributed by atoms with E-state index >= 15 is 0 Å². The average Bonchev–Trinajstić information content (AvgIpc) is 2.48. The summed E-state index contributed by atoms with van der Waals surface area (Å²) in [6, 6.07) is 10.5. The van der Waals surface area contributed by atoms with Crippen molar-refractivity contribution in [3.8, 4) is 0 Å². The molecule has 0 saturated heterocycles. The first-order chi connectivity index (χ1) is 10.3. The SMILES string of the molecule is CCOCCN(CCOCC)CC(N)Cc1ccccc1. The molecule has 0 spiro atoms. The molecule has 0 radical (unpaired) electrons. The molecule has 0 aromatic heterocycles. The maximum Gasteiger partial charge on any atom is 0.0593 e. The van der Waals surface area contributed by atoms with Gasteiger partial charge in [-0.15, -0.1) is 0 Å². The first-order valence-electron chi connectivity index (χ1n) is 7.93. The van der Waals surface area contributed by atoms with Crippen LogP contribution < -0.4 is 5.73 Å². The summed E-state index contributed by atoms with van der Waals surface area (Å²) >= 11 is 0. The number of hydrogen-bond acceptors (Lipinski definition) is 4. The van der Waals surface area contributed by atoms with Gasteiger partial charge in [-0.05, 0) is 25.8 Å². The van der Waals surface area contributed by atoms with Gasteiger partial charge < -0.3 is 15.2 Å². The Balaban J connectivity index is 2.37. The number of hydrogen-bond donors (Lipinski definition) is 1. The highest BCUT2D eigenvalue weighted by Crippen LogP contribution is 2.03. The van der Waals surface area contributed by atoms with Crippen LogP contribution >= 0.6 is 0 Å². The van der Waals surface area contributed by atoms with Crippen LogP contribution in [0.5, 0.6) is 0 Å². The Morgan fingerprint density at radius 1 is 1.00 bits per heavy atom. The molecule has 1 unspecified atom stereocenters. The Morgan fingerprint density at radius 2 is 1.57 bits per heavy atom. The molecule has 2 N–H and O–H groups in total. The molecular weight excluding hydrogens is 264 g/mol. The lowest BCUT2D eigenvalue weighted by Crippen LogP contribution is -2.42. The van der Waals surface area contributed by atoms with Gasteiger partial charge in [-0.25, -0.2) is 0 Å². The normalized spacial score (nSPS) is 12.8. The lowest BCUT2D eigenvalue weighted by molar-refractivity contribution is 0.0803. The predicted octanol–water partition coefficient (Wildman–Crippen LogP) is 1.93. The van der Waals surface area contributed by atoms with Crippen molar-refractivity contribution >= 4 is 0 Å². The number of ether oxygens (including phenoxy) is 2. The summed E-state index contributed by atoms with van der Waals surface area (Å²) in [6.45, 7) is 9.74. The molecule has 0 fully saturated rings. The van der Waals surface area contributed by atoms with E-state index in [1.807, 2.05) is 19.9 Å². The van der Waals surface area contributed by atoms with Crippen LogP contribution in [-0.2, 0) is 15.9 Å². The number of benzene rings is 1. The zero-order valence-electron chi connectivity index (χ0n) is 13.5. The second kappa shape index (κ2) is 11.7. The van der Waals surface area contributed by atoms with E-state index in [0.29, 0.717) is 0 Å². The van der Waals surface area contributed by atoms with Crippen molar-refractivity contribution in [2.24, 2.45) is 5.73 Å². The molecule has 0 heterocycles. The first-order valence-corrected chi connectivity index (χ1v) is 7.93. The Hall–Kier alpha value is -0.940. The molecule has 4 nitrogen and oxygen atoms in total. The van der Waals surface area contributed by atoms with E-state index in [4.69, 9.17) is 15.2 Å². The molecule has 21 heavy (non-hydrogen) atoms. The molecule has 1 atom stereocenters. The van der Waals surface area contributed by atoms with E-state index in [2.05, 4.69) is 29.2 Å². The Labute approximate surface area is 129 Å². The fourth-order valence-corrected chi connectivity index (χ4v) is 2.28. The van der Waals surface area contributed by atoms with Crippen LogP contribution in [0.25, 0.3) is 0 Å². The molecule has 1 aromatic rings. The molecule has 4 heteroatoms. The van der Waals surface area contributed by atoms with Crippen LogP contribution in [0.2, 0.25) is 0 Å². The summed E-state index contributed by atoms with van der Waals surface area (Å²) in [5.41, 5.74) is 7.58. The first kappa shape index (κ1) is 18.1. The quantitative estimate of drug-likeness (QED) is 0.598. The Kier molecular flexibility index (Phi) is 10.1. The van der Waals surface area contributed by atoms with Crippen LogP contribution in [0.1, 0.15) is 19.4 Å². The highest BCUT2D eigenvalue weighted by atomic mass is 16.5. The van der Waals surface area contributed by atoms with Crippen molar-refractivity contribution in [3.05, 3.63) is 35.9 Å². The molecule has 120 valence electrons. The van der Waals surface area contributed by atoms with Crippen molar-refractivity contribution in [3.63, 3.8) is 0 Å². The fraction of sp³-hybridized carbons (Fsp3) is 0.647. The van der Waals surface area contributed by atoms with Crippen molar-refractivity contribution in [2.45, 2.75) is 26.3 Å². The van der Waals surface area contributed by atoms with Gasteiger partial charge in [0.15, 0.2) is 0 Å². The third-order valence-corrected chi connectivity index (χ3v) is 3.35. The van der Waals surface area contributed by atoms with Crippen molar-refractivity contribution < 1.29 is 9.47 Å². The van der Waals surface area contributed by atoms with E-state index in [-0.39, 0.29) is 6.04 Å². The van der Waals surface area contributed by atoms with Gasteiger partial charge in [-0.2, -0.15) is 0 Å². The van der Waals surface area contributed by atoms with Crippen molar-refractivity contribution in [1.82, 2.24) is 4.90 Å². The summed E-state index contributed by atoms with van der Waals surface area (Å²) in [4.78, 5) is 2.33. The molecule has 1 aromatic carbocycles. The van der Waals surface area contributed by atoms with Gasteiger partial charge in [0.2, 0.25) is 0 Å². The lowest BCUT2D eigenvalue weighted by atomic mass is 10.1. The van der Waals surface area contributed by atoms with Crippen LogP contribution in [-0.4, -0.2) is 57.0 Å². The molecule has 0 saturated carbocycles. The summed E-state index contributed by atoms with van der Waals surface area (Å²) in [7, 11) is 0. The number of rotatable bonds is 12. The molecule has 0 aliphatic carbocycles. The largest absolute Gasteiger partial charge is 0.380 e. The van der Waals surface area contributed by atoms with Crippen LogP contribution in [0, 0.1) is 0 Å². The summed E-state index contributed by atoms with van der Waals surface area (Å²) in [5, 5.41) is 0.